The summed E-state index contributed by atoms with van der Waals surface area (Å²) in [5.41, 5.74) is -0.666. The van der Waals surface area contributed by atoms with Crippen LogP contribution in [-0.4, -0.2) is 71.8 Å². The Bertz CT molecular complexity index is 287. The maximum Gasteiger partial charge on any atom is 0.251 e. The van der Waals surface area contributed by atoms with Gasteiger partial charge in [0.2, 0.25) is 0 Å². The molecule has 2 aliphatic rings. The maximum atomic E-state index is 12.1. The van der Waals surface area contributed by atoms with Crippen LogP contribution in [0.3, 0.4) is 0 Å². The molecule has 0 unspecified atom stereocenters. The van der Waals surface area contributed by atoms with Crippen molar-refractivity contribution in [1.29, 1.82) is 0 Å². The molecule has 0 radical (unpaired) electrons. The van der Waals surface area contributed by atoms with Gasteiger partial charge in [0.05, 0.1) is 5.60 Å². The fraction of sp³-hybridized carbons (Fsp3) is 0.923. The first kappa shape index (κ1) is 13.8. The van der Waals surface area contributed by atoms with Crippen molar-refractivity contribution in [2.24, 2.45) is 0 Å². The van der Waals surface area contributed by atoms with Crippen molar-refractivity contribution in [2.45, 2.75) is 38.4 Å². The monoisotopic (exact) mass is 256 g/mol. The fourth-order valence-electron chi connectivity index (χ4n) is 2.65. The zero-order valence-electron chi connectivity index (χ0n) is 11.4. The molecule has 0 aromatic heterocycles. The molecule has 1 amide bonds. The molecule has 5 nitrogen and oxygen atoms in total. The van der Waals surface area contributed by atoms with Crippen LogP contribution in [0.1, 0.15) is 26.7 Å². The van der Waals surface area contributed by atoms with Crippen LogP contribution in [0.5, 0.6) is 0 Å². The van der Waals surface area contributed by atoms with Crippen LogP contribution in [0.2, 0.25) is 0 Å². The lowest BCUT2D eigenvalue weighted by atomic mass is 10.1. The summed E-state index contributed by atoms with van der Waals surface area (Å²) in [6.07, 6.45) is 1.66. The molecule has 2 aliphatic heterocycles. The highest BCUT2D eigenvalue weighted by Crippen LogP contribution is 2.16. The summed E-state index contributed by atoms with van der Waals surface area (Å²) in [7, 11) is 0. The van der Waals surface area contributed by atoms with Crippen LogP contribution in [0.25, 0.3) is 0 Å². The van der Waals surface area contributed by atoms with Gasteiger partial charge in [0.1, 0.15) is 6.10 Å². The summed E-state index contributed by atoms with van der Waals surface area (Å²) in [4.78, 5) is 16.2. The average Bonchev–Trinajstić information content (AvgIpc) is 2.80. The standard InChI is InChI=1S/C13H24N2O3/c1-13(2,17)10-14-5-7-15(8-6-14)12(16)11-4-3-9-18-11/h11,17H,3-10H2,1-2H3/t11-/m1/s1. The molecule has 2 fully saturated rings. The molecule has 0 spiro atoms. The maximum absolute atomic E-state index is 12.1. The van der Waals surface area contributed by atoms with Crippen molar-refractivity contribution in [3.8, 4) is 0 Å². The van der Waals surface area contributed by atoms with Crippen LogP contribution in [-0.2, 0) is 9.53 Å². The van der Waals surface area contributed by atoms with Crippen molar-refractivity contribution < 1.29 is 14.6 Å². The van der Waals surface area contributed by atoms with Gasteiger partial charge < -0.3 is 14.7 Å². The number of carbonyl (C=O) groups excluding carboxylic acids is 1. The molecule has 5 heteroatoms. The van der Waals surface area contributed by atoms with E-state index in [0.29, 0.717) is 6.54 Å². The van der Waals surface area contributed by atoms with E-state index in [4.69, 9.17) is 4.74 Å². The lowest BCUT2D eigenvalue weighted by Crippen LogP contribution is -2.53. The Balaban J connectivity index is 1.77. The SMILES string of the molecule is CC(C)(O)CN1CCN(C(=O)[C@H]2CCCO2)CC1. The number of amides is 1. The lowest BCUT2D eigenvalue weighted by molar-refractivity contribution is -0.143. The van der Waals surface area contributed by atoms with E-state index in [1.807, 2.05) is 18.7 Å². The zero-order valence-corrected chi connectivity index (χ0v) is 11.4. The van der Waals surface area contributed by atoms with Gasteiger partial charge in [0, 0.05) is 39.3 Å². The molecule has 0 bridgehead atoms. The van der Waals surface area contributed by atoms with Gasteiger partial charge in [0.25, 0.3) is 5.91 Å². The second kappa shape index (κ2) is 5.55. The molecule has 0 aromatic rings. The number of hydrogen-bond acceptors (Lipinski definition) is 4. The number of rotatable bonds is 3. The predicted octanol–water partition coefficient (Wildman–Crippen LogP) is 0.0805. The summed E-state index contributed by atoms with van der Waals surface area (Å²) in [5.74, 6) is 0.149. The van der Waals surface area contributed by atoms with E-state index >= 15 is 0 Å². The minimum atomic E-state index is -0.666. The number of β-amino-alcohol motifs (C(OH)–C–C–N with tert-alkyl or cyclic N) is 1. The van der Waals surface area contributed by atoms with Crippen molar-refractivity contribution >= 4 is 5.91 Å². The summed E-state index contributed by atoms with van der Waals surface area (Å²) in [5, 5.41) is 9.78. The first-order chi connectivity index (χ1) is 8.46. The second-order valence-corrected chi connectivity index (χ2v) is 5.92. The Morgan fingerprint density at radius 1 is 1.33 bits per heavy atom. The highest BCUT2D eigenvalue weighted by Gasteiger charge is 2.31. The first-order valence-corrected chi connectivity index (χ1v) is 6.81. The van der Waals surface area contributed by atoms with E-state index in [1.54, 1.807) is 0 Å². The number of carbonyl (C=O) groups is 1. The molecule has 2 saturated heterocycles. The van der Waals surface area contributed by atoms with Gasteiger partial charge >= 0.3 is 0 Å². The van der Waals surface area contributed by atoms with Crippen LogP contribution in [0.4, 0.5) is 0 Å². The Kier molecular flexibility index (Phi) is 4.25. The van der Waals surface area contributed by atoms with Crippen LogP contribution in [0.15, 0.2) is 0 Å². The summed E-state index contributed by atoms with van der Waals surface area (Å²) in [6, 6.07) is 0. The van der Waals surface area contributed by atoms with Crippen molar-refractivity contribution in [1.82, 2.24) is 9.80 Å². The first-order valence-electron chi connectivity index (χ1n) is 6.81. The summed E-state index contributed by atoms with van der Waals surface area (Å²) < 4.78 is 5.43. The molecular weight excluding hydrogens is 232 g/mol. The average molecular weight is 256 g/mol. The summed E-state index contributed by atoms with van der Waals surface area (Å²) in [6.45, 7) is 8.17. The number of nitrogens with zero attached hydrogens (tertiary/aromatic N) is 2. The van der Waals surface area contributed by atoms with Crippen molar-refractivity contribution in [3.05, 3.63) is 0 Å². The largest absolute Gasteiger partial charge is 0.389 e. The Labute approximate surface area is 109 Å². The minimum absolute atomic E-state index is 0.149. The van der Waals surface area contributed by atoms with Gasteiger partial charge in [0.15, 0.2) is 0 Å². The normalized spacial score (nSPS) is 26.6. The second-order valence-electron chi connectivity index (χ2n) is 5.92. The number of hydrogen-bond donors (Lipinski definition) is 1. The molecule has 18 heavy (non-hydrogen) atoms. The quantitative estimate of drug-likeness (QED) is 0.777. The Morgan fingerprint density at radius 3 is 2.50 bits per heavy atom. The zero-order chi connectivity index (χ0) is 13.2. The third-order valence-electron chi connectivity index (χ3n) is 3.50. The Morgan fingerprint density at radius 2 is 2.00 bits per heavy atom. The van der Waals surface area contributed by atoms with Gasteiger partial charge in [-0.15, -0.1) is 0 Å². The molecule has 2 heterocycles. The van der Waals surface area contributed by atoms with E-state index in [-0.39, 0.29) is 12.0 Å². The molecule has 1 N–H and O–H groups in total. The highest BCUT2D eigenvalue weighted by molar-refractivity contribution is 5.81. The third kappa shape index (κ3) is 3.67. The van der Waals surface area contributed by atoms with E-state index in [2.05, 4.69) is 4.90 Å². The molecule has 2 rings (SSSR count). The molecule has 0 aliphatic carbocycles. The summed E-state index contributed by atoms with van der Waals surface area (Å²) >= 11 is 0. The van der Waals surface area contributed by atoms with Gasteiger partial charge in [-0.2, -0.15) is 0 Å². The number of ether oxygens (including phenoxy) is 1. The van der Waals surface area contributed by atoms with Crippen molar-refractivity contribution in [2.75, 3.05) is 39.3 Å². The highest BCUT2D eigenvalue weighted by atomic mass is 16.5. The molecule has 104 valence electrons. The van der Waals surface area contributed by atoms with E-state index in [1.165, 1.54) is 0 Å². The molecule has 0 aromatic carbocycles. The lowest BCUT2D eigenvalue weighted by Gasteiger charge is -2.38. The molecular formula is C13H24N2O3. The van der Waals surface area contributed by atoms with E-state index in [9.17, 15) is 9.90 Å². The van der Waals surface area contributed by atoms with E-state index < -0.39 is 5.60 Å². The van der Waals surface area contributed by atoms with Crippen LogP contribution >= 0.6 is 0 Å². The number of piperazine rings is 1. The molecule has 0 saturated carbocycles. The van der Waals surface area contributed by atoms with E-state index in [0.717, 1.165) is 45.6 Å². The van der Waals surface area contributed by atoms with Crippen molar-refractivity contribution in [3.63, 3.8) is 0 Å². The van der Waals surface area contributed by atoms with Gasteiger partial charge in [-0.1, -0.05) is 0 Å². The smallest absolute Gasteiger partial charge is 0.251 e. The minimum Gasteiger partial charge on any atom is -0.389 e. The van der Waals surface area contributed by atoms with Gasteiger partial charge in [-0.05, 0) is 26.7 Å². The van der Waals surface area contributed by atoms with Gasteiger partial charge in [-0.25, -0.2) is 0 Å². The van der Waals surface area contributed by atoms with Crippen LogP contribution in [0, 0.1) is 0 Å². The van der Waals surface area contributed by atoms with Gasteiger partial charge in [-0.3, -0.25) is 9.69 Å². The Hall–Kier alpha value is -0.650. The number of aliphatic hydroxyl groups is 1. The molecule has 1 atom stereocenters. The fourth-order valence-corrected chi connectivity index (χ4v) is 2.65. The predicted molar refractivity (Wildman–Crippen MR) is 68.3 cm³/mol. The topological polar surface area (TPSA) is 53.0 Å². The third-order valence-corrected chi connectivity index (χ3v) is 3.50. The van der Waals surface area contributed by atoms with Crippen LogP contribution < -0.4 is 0 Å².